The van der Waals surface area contributed by atoms with Crippen molar-refractivity contribution in [2.75, 3.05) is 11.9 Å². The van der Waals surface area contributed by atoms with Gasteiger partial charge in [0.15, 0.2) is 6.10 Å². The average Bonchev–Trinajstić information content (AvgIpc) is 3.73. The second kappa shape index (κ2) is 9.95. The second-order valence-electron chi connectivity index (χ2n) is 9.60. The number of nitrogens with one attached hydrogen (secondary N) is 1. The number of benzene rings is 3. The highest BCUT2D eigenvalue weighted by Gasteiger charge is 2.39. The zero-order valence-electron chi connectivity index (χ0n) is 20.4. The Hall–Kier alpha value is -3.60. The van der Waals surface area contributed by atoms with Gasteiger partial charge in [-0.1, -0.05) is 61.0 Å². The smallest absolute Gasteiger partial charge is 0.265 e. The molecule has 2 aliphatic rings. The Morgan fingerprint density at radius 2 is 1.77 bits per heavy atom. The molecule has 180 valence electrons. The van der Waals surface area contributed by atoms with E-state index in [4.69, 9.17) is 4.74 Å². The van der Waals surface area contributed by atoms with E-state index in [0.717, 1.165) is 42.6 Å². The maximum atomic E-state index is 13.2. The van der Waals surface area contributed by atoms with Crippen molar-refractivity contribution in [3.8, 4) is 5.75 Å². The second-order valence-corrected chi connectivity index (χ2v) is 9.60. The molecule has 35 heavy (non-hydrogen) atoms. The van der Waals surface area contributed by atoms with Gasteiger partial charge >= 0.3 is 0 Å². The number of carbonyl (C=O) groups is 2. The quantitative estimate of drug-likeness (QED) is 0.486. The minimum atomic E-state index is -0.612. The highest BCUT2D eigenvalue weighted by atomic mass is 16.5. The van der Waals surface area contributed by atoms with E-state index < -0.39 is 6.10 Å². The minimum Gasteiger partial charge on any atom is -0.481 e. The van der Waals surface area contributed by atoms with Crippen LogP contribution in [0, 0.1) is 12.8 Å². The fourth-order valence-electron chi connectivity index (χ4n) is 4.81. The number of hydrogen-bond donors (Lipinski definition) is 1. The number of rotatable bonds is 7. The summed E-state index contributed by atoms with van der Waals surface area (Å²) in [6.07, 6.45) is 2.73. The van der Waals surface area contributed by atoms with Gasteiger partial charge in [0, 0.05) is 18.2 Å². The SMILES string of the molecule is CC[C@@H](Oc1ccc2c(c1)[C@@H](c1ccc(C)cc1)N(C(=O)C1CC1)CC2)C(=O)Nc1ccccc1. The summed E-state index contributed by atoms with van der Waals surface area (Å²) in [5.74, 6) is 0.894. The first-order chi connectivity index (χ1) is 17.0. The van der Waals surface area contributed by atoms with Crippen LogP contribution in [-0.4, -0.2) is 29.4 Å². The molecule has 5 rings (SSSR count). The molecule has 3 aromatic rings. The number of para-hydroxylation sites is 1. The van der Waals surface area contributed by atoms with Crippen LogP contribution in [0.4, 0.5) is 5.69 Å². The molecular formula is C30H32N2O3. The van der Waals surface area contributed by atoms with Crippen LogP contribution in [0.15, 0.2) is 72.8 Å². The summed E-state index contributed by atoms with van der Waals surface area (Å²) in [5, 5.41) is 2.94. The lowest BCUT2D eigenvalue weighted by atomic mass is 9.87. The van der Waals surface area contributed by atoms with Crippen LogP contribution in [0.3, 0.4) is 0 Å². The van der Waals surface area contributed by atoms with Crippen LogP contribution < -0.4 is 10.1 Å². The van der Waals surface area contributed by atoms with Gasteiger partial charge in [0.2, 0.25) is 5.91 Å². The molecule has 0 aromatic heterocycles. The number of fused-ring (bicyclic) bond motifs is 1. The molecule has 0 spiro atoms. The summed E-state index contributed by atoms with van der Waals surface area (Å²) in [7, 11) is 0. The van der Waals surface area contributed by atoms with Crippen LogP contribution in [0.2, 0.25) is 0 Å². The van der Waals surface area contributed by atoms with Crippen molar-refractivity contribution in [3.63, 3.8) is 0 Å². The monoisotopic (exact) mass is 468 g/mol. The zero-order valence-corrected chi connectivity index (χ0v) is 20.4. The largest absolute Gasteiger partial charge is 0.481 e. The Balaban J connectivity index is 1.43. The molecule has 2 amide bonds. The number of aryl methyl sites for hydroxylation is 1. The maximum Gasteiger partial charge on any atom is 0.265 e. The first kappa shape index (κ1) is 23.2. The van der Waals surface area contributed by atoms with E-state index >= 15 is 0 Å². The molecule has 1 aliphatic heterocycles. The lowest BCUT2D eigenvalue weighted by molar-refractivity contribution is -0.134. The van der Waals surface area contributed by atoms with Crippen LogP contribution in [0.5, 0.6) is 5.75 Å². The average molecular weight is 469 g/mol. The summed E-state index contributed by atoms with van der Waals surface area (Å²) in [6.45, 7) is 4.74. The first-order valence-corrected chi connectivity index (χ1v) is 12.6. The van der Waals surface area contributed by atoms with E-state index in [1.54, 1.807) is 0 Å². The first-order valence-electron chi connectivity index (χ1n) is 12.6. The zero-order chi connectivity index (χ0) is 24.4. The summed E-state index contributed by atoms with van der Waals surface area (Å²) in [4.78, 5) is 28.2. The molecule has 0 radical (unpaired) electrons. The van der Waals surface area contributed by atoms with Crippen molar-refractivity contribution < 1.29 is 14.3 Å². The number of amides is 2. The topological polar surface area (TPSA) is 58.6 Å². The number of ether oxygens (including phenoxy) is 1. The summed E-state index contributed by atoms with van der Waals surface area (Å²) in [6, 6.07) is 23.8. The Kier molecular flexibility index (Phi) is 6.58. The molecule has 1 aliphatic carbocycles. The summed E-state index contributed by atoms with van der Waals surface area (Å²) < 4.78 is 6.21. The normalized spacial score (nSPS) is 17.9. The van der Waals surface area contributed by atoms with Gasteiger partial charge in [-0.3, -0.25) is 9.59 Å². The van der Waals surface area contributed by atoms with Gasteiger partial charge in [-0.15, -0.1) is 0 Å². The Bertz CT molecular complexity index is 1200. The number of nitrogens with zero attached hydrogens (tertiary/aromatic N) is 1. The van der Waals surface area contributed by atoms with E-state index in [0.29, 0.717) is 12.2 Å². The van der Waals surface area contributed by atoms with Crippen molar-refractivity contribution in [1.29, 1.82) is 0 Å². The molecule has 0 unspecified atom stereocenters. The van der Waals surface area contributed by atoms with Crippen LogP contribution in [0.1, 0.15) is 54.5 Å². The van der Waals surface area contributed by atoms with Gasteiger partial charge in [0.25, 0.3) is 5.91 Å². The lowest BCUT2D eigenvalue weighted by Crippen LogP contribution is -2.41. The summed E-state index contributed by atoms with van der Waals surface area (Å²) in [5.41, 5.74) is 5.36. The molecule has 3 aromatic carbocycles. The third-order valence-electron chi connectivity index (χ3n) is 6.93. The van der Waals surface area contributed by atoms with E-state index in [9.17, 15) is 9.59 Å². The van der Waals surface area contributed by atoms with Gasteiger partial charge < -0.3 is 15.0 Å². The van der Waals surface area contributed by atoms with Crippen LogP contribution in [-0.2, 0) is 16.0 Å². The molecule has 2 atom stereocenters. The summed E-state index contributed by atoms with van der Waals surface area (Å²) >= 11 is 0. The van der Waals surface area contributed by atoms with Gasteiger partial charge in [-0.05, 0) is 73.6 Å². The van der Waals surface area contributed by atoms with Gasteiger partial charge in [-0.2, -0.15) is 0 Å². The van der Waals surface area contributed by atoms with Gasteiger partial charge in [0.1, 0.15) is 5.75 Å². The molecule has 0 bridgehead atoms. The lowest BCUT2D eigenvalue weighted by Gasteiger charge is -2.38. The van der Waals surface area contributed by atoms with Crippen molar-refractivity contribution in [1.82, 2.24) is 4.90 Å². The third-order valence-corrected chi connectivity index (χ3v) is 6.93. The van der Waals surface area contributed by atoms with Gasteiger partial charge in [0.05, 0.1) is 6.04 Å². The number of hydrogen-bond acceptors (Lipinski definition) is 3. The van der Waals surface area contributed by atoms with Crippen molar-refractivity contribution >= 4 is 17.5 Å². The van der Waals surface area contributed by atoms with E-state index in [1.807, 2.05) is 54.3 Å². The van der Waals surface area contributed by atoms with E-state index in [1.165, 1.54) is 11.1 Å². The standard InChI is InChI=1S/C30H32N2O3/c1-3-27(29(33)31-24-7-5-4-6-8-24)35-25-16-15-21-17-18-32(30(34)23-13-14-23)28(26(21)19-25)22-11-9-20(2)10-12-22/h4-12,15-16,19,23,27-28H,3,13-14,17-18H2,1-2H3,(H,31,33)/t27-,28-/m1/s1. The molecule has 1 fully saturated rings. The minimum absolute atomic E-state index is 0.144. The fourth-order valence-corrected chi connectivity index (χ4v) is 4.81. The number of carbonyl (C=O) groups excluding carboxylic acids is 2. The Labute approximate surface area is 207 Å². The molecule has 0 saturated heterocycles. The van der Waals surface area contributed by atoms with Crippen LogP contribution >= 0.6 is 0 Å². The Morgan fingerprint density at radius 3 is 2.46 bits per heavy atom. The number of anilines is 1. The van der Waals surface area contributed by atoms with Gasteiger partial charge in [-0.25, -0.2) is 0 Å². The molecular weight excluding hydrogens is 436 g/mol. The molecule has 1 heterocycles. The predicted molar refractivity (Wildman–Crippen MR) is 137 cm³/mol. The van der Waals surface area contributed by atoms with E-state index in [2.05, 4.69) is 42.6 Å². The van der Waals surface area contributed by atoms with Crippen molar-refractivity contribution in [2.45, 2.75) is 51.7 Å². The maximum absolute atomic E-state index is 13.2. The third kappa shape index (κ3) is 5.09. The fraction of sp³-hybridized carbons (Fsp3) is 0.333. The molecule has 1 N–H and O–H groups in total. The molecule has 5 nitrogen and oxygen atoms in total. The Morgan fingerprint density at radius 1 is 1.03 bits per heavy atom. The van der Waals surface area contributed by atoms with Crippen molar-refractivity contribution in [3.05, 3.63) is 95.1 Å². The van der Waals surface area contributed by atoms with E-state index in [-0.39, 0.29) is 23.8 Å². The highest BCUT2D eigenvalue weighted by Crippen LogP contribution is 2.41. The predicted octanol–water partition coefficient (Wildman–Crippen LogP) is 5.68. The molecule has 1 saturated carbocycles. The van der Waals surface area contributed by atoms with Crippen LogP contribution in [0.25, 0.3) is 0 Å². The highest BCUT2D eigenvalue weighted by molar-refractivity contribution is 5.94. The van der Waals surface area contributed by atoms with Crippen molar-refractivity contribution in [2.24, 2.45) is 5.92 Å². The molecule has 5 heteroatoms.